The molecule has 3 rings (SSSR count). The van der Waals surface area contributed by atoms with Gasteiger partial charge < -0.3 is 25.6 Å². The number of carbonyl (C=O) groups excluding carboxylic acids is 2. The molecule has 2 heterocycles. The zero-order valence-corrected chi connectivity index (χ0v) is 17.1. The number of hydrogen-bond acceptors (Lipinski definition) is 9. The zero-order chi connectivity index (χ0) is 22.5. The molecule has 164 valence electrons. The van der Waals surface area contributed by atoms with Crippen LogP contribution >= 0.6 is 0 Å². The van der Waals surface area contributed by atoms with Crippen LogP contribution in [0.3, 0.4) is 0 Å². The van der Waals surface area contributed by atoms with E-state index in [2.05, 4.69) is 15.3 Å². The lowest BCUT2D eigenvalue weighted by molar-refractivity contribution is -0.385. The number of nitrogens with zero attached hydrogens (tertiary/aromatic N) is 5. The molecular formula is C19H23N7O5. The fourth-order valence-electron chi connectivity index (χ4n) is 3.32. The summed E-state index contributed by atoms with van der Waals surface area (Å²) in [6.45, 7) is 0.0632. The second-order valence-electron chi connectivity index (χ2n) is 7.14. The molecule has 0 saturated carbocycles. The summed E-state index contributed by atoms with van der Waals surface area (Å²) in [7, 11) is 3.72. The SMILES string of the molecule is CN(C)c1cccc(Oc2ncnc(N3CCCC3C(=O)NCC(N)=O)c2[N+](=O)[O-])c1. The smallest absolute Gasteiger partial charge is 0.373 e. The summed E-state index contributed by atoms with van der Waals surface area (Å²) in [5, 5.41) is 14.3. The monoisotopic (exact) mass is 429 g/mol. The van der Waals surface area contributed by atoms with Crippen LogP contribution in [0.4, 0.5) is 17.2 Å². The molecule has 1 saturated heterocycles. The van der Waals surface area contributed by atoms with Crippen LogP contribution in [0, 0.1) is 10.1 Å². The standard InChI is InChI=1S/C19H23N7O5/c1-24(2)12-5-3-6-13(9-12)31-19-16(26(29)30)17(22-11-23-19)25-8-4-7-14(25)18(28)21-10-15(20)27/h3,5-6,9,11,14H,4,7-8,10H2,1-2H3,(H2,20,27)(H,21,28). The van der Waals surface area contributed by atoms with Gasteiger partial charge in [0.05, 0.1) is 11.5 Å². The summed E-state index contributed by atoms with van der Waals surface area (Å²) in [5.74, 6) is -1.01. The van der Waals surface area contributed by atoms with E-state index in [4.69, 9.17) is 10.5 Å². The van der Waals surface area contributed by atoms with Crippen molar-refractivity contribution in [2.75, 3.05) is 37.0 Å². The number of carbonyl (C=O) groups is 2. The molecule has 0 spiro atoms. The molecule has 1 unspecified atom stereocenters. The van der Waals surface area contributed by atoms with E-state index in [-0.39, 0.29) is 18.2 Å². The van der Waals surface area contributed by atoms with Gasteiger partial charge in [-0.3, -0.25) is 19.7 Å². The fourth-order valence-corrected chi connectivity index (χ4v) is 3.32. The van der Waals surface area contributed by atoms with Crippen molar-refractivity contribution in [2.45, 2.75) is 18.9 Å². The normalized spacial score (nSPS) is 15.4. The largest absolute Gasteiger partial charge is 0.433 e. The Hall–Kier alpha value is -3.96. The number of ether oxygens (including phenoxy) is 1. The summed E-state index contributed by atoms with van der Waals surface area (Å²) in [4.78, 5) is 46.1. The van der Waals surface area contributed by atoms with Gasteiger partial charge in [0, 0.05) is 32.4 Å². The molecule has 12 heteroatoms. The third-order valence-corrected chi connectivity index (χ3v) is 4.76. The van der Waals surface area contributed by atoms with E-state index in [0.717, 1.165) is 12.0 Å². The highest BCUT2D eigenvalue weighted by atomic mass is 16.6. The van der Waals surface area contributed by atoms with Gasteiger partial charge in [-0.15, -0.1) is 0 Å². The number of primary amides is 1. The number of nitrogens with two attached hydrogens (primary N) is 1. The average Bonchev–Trinajstić information content (AvgIpc) is 3.21. The molecule has 1 aliphatic rings. The van der Waals surface area contributed by atoms with Gasteiger partial charge >= 0.3 is 11.6 Å². The maximum atomic E-state index is 12.5. The molecule has 1 aromatic carbocycles. The lowest BCUT2D eigenvalue weighted by Gasteiger charge is -2.24. The first kappa shape index (κ1) is 21.7. The topological polar surface area (TPSA) is 157 Å². The van der Waals surface area contributed by atoms with Crippen LogP contribution in [0.1, 0.15) is 12.8 Å². The quantitative estimate of drug-likeness (QED) is 0.458. The molecular weight excluding hydrogens is 406 g/mol. The molecule has 1 aliphatic heterocycles. The highest BCUT2D eigenvalue weighted by molar-refractivity contribution is 5.89. The molecule has 2 amide bonds. The first-order chi connectivity index (χ1) is 14.8. The number of rotatable bonds is 8. The van der Waals surface area contributed by atoms with Gasteiger partial charge in [-0.2, -0.15) is 4.98 Å². The fraction of sp³-hybridized carbons (Fsp3) is 0.368. The Bertz CT molecular complexity index is 997. The van der Waals surface area contributed by atoms with Crippen LogP contribution < -0.4 is 25.6 Å². The number of anilines is 2. The van der Waals surface area contributed by atoms with Crippen molar-refractivity contribution in [1.82, 2.24) is 15.3 Å². The van der Waals surface area contributed by atoms with Gasteiger partial charge in [0.15, 0.2) is 0 Å². The van der Waals surface area contributed by atoms with Crippen molar-refractivity contribution in [3.05, 3.63) is 40.7 Å². The lowest BCUT2D eigenvalue weighted by atomic mass is 10.2. The average molecular weight is 429 g/mol. The van der Waals surface area contributed by atoms with Crippen molar-refractivity contribution < 1.29 is 19.2 Å². The molecule has 0 radical (unpaired) electrons. The molecule has 0 bridgehead atoms. The number of amides is 2. The Morgan fingerprint density at radius 1 is 1.39 bits per heavy atom. The Morgan fingerprint density at radius 2 is 2.16 bits per heavy atom. The lowest BCUT2D eigenvalue weighted by Crippen LogP contribution is -2.46. The van der Waals surface area contributed by atoms with E-state index in [0.29, 0.717) is 25.1 Å². The van der Waals surface area contributed by atoms with Crippen LogP contribution in [0.5, 0.6) is 11.6 Å². The second kappa shape index (κ2) is 9.24. The highest BCUT2D eigenvalue weighted by Gasteiger charge is 2.38. The van der Waals surface area contributed by atoms with E-state index < -0.39 is 28.5 Å². The van der Waals surface area contributed by atoms with Crippen LogP contribution in [0.2, 0.25) is 0 Å². The summed E-state index contributed by atoms with van der Waals surface area (Å²) < 4.78 is 5.73. The minimum atomic E-state index is -0.724. The van der Waals surface area contributed by atoms with Gasteiger partial charge in [-0.25, -0.2) is 4.98 Å². The van der Waals surface area contributed by atoms with Crippen molar-refractivity contribution in [3.63, 3.8) is 0 Å². The molecule has 1 fully saturated rings. The number of hydrogen-bond donors (Lipinski definition) is 2. The predicted octanol–water partition coefficient (Wildman–Crippen LogP) is 0.813. The van der Waals surface area contributed by atoms with E-state index in [9.17, 15) is 19.7 Å². The molecule has 2 aromatic rings. The van der Waals surface area contributed by atoms with Gasteiger partial charge in [-0.1, -0.05) is 6.07 Å². The van der Waals surface area contributed by atoms with E-state index in [1.807, 2.05) is 25.1 Å². The minimum absolute atomic E-state index is 0.0181. The van der Waals surface area contributed by atoms with Crippen molar-refractivity contribution >= 4 is 29.0 Å². The van der Waals surface area contributed by atoms with Crippen LogP contribution in [0.25, 0.3) is 0 Å². The molecule has 3 N–H and O–H groups in total. The Labute approximate surface area is 178 Å². The van der Waals surface area contributed by atoms with Crippen molar-refractivity contribution in [2.24, 2.45) is 5.73 Å². The van der Waals surface area contributed by atoms with Gasteiger partial charge in [0.1, 0.15) is 18.1 Å². The summed E-state index contributed by atoms with van der Waals surface area (Å²) in [6.07, 6.45) is 2.23. The first-order valence-corrected chi connectivity index (χ1v) is 9.55. The Morgan fingerprint density at radius 3 is 2.84 bits per heavy atom. The number of nitro groups is 1. The number of nitrogens with one attached hydrogen (secondary N) is 1. The zero-order valence-electron chi connectivity index (χ0n) is 17.1. The summed E-state index contributed by atoms with van der Waals surface area (Å²) in [6, 6.07) is 6.29. The summed E-state index contributed by atoms with van der Waals surface area (Å²) >= 11 is 0. The number of aromatic nitrogens is 2. The molecule has 31 heavy (non-hydrogen) atoms. The van der Waals surface area contributed by atoms with Crippen molar-refractivity contribution in [3.8, 4) is 11.6 Å². The molecule has 1 aromatic heterocycles. The van der Waals surface area contributed by atoms with Crippen molar-refractivity contribution in [1.29, 1.82) is 0 Å². The third kappa shape index (κ3) is 4.97. The highest BCUT2D eigenvalue weighted by Crippen LogP contribution is 2.39. The second-order valence-corrected chi connectivity index (χ2v) is 7.14. The number of benzene rings is 1. The Kier molecular flexibility index (Phi) is 6.48. The van der Waals surface area contributed by atoms with Crippen LogP contribution in [-0.4, -0.2) is 59.9 Å². The minimum Gasteiger partial charge on any atom is -0.433 e. The third-order valence-electron chi connectivity index (χ3n) is 4.76. The first-order valence-electron chi connectivity index (χ1n) is 9.55. The summed E-state index contributed by atoms with van der Waals surface area (Å²) in [5.41, 5.74) is 5.48. The maximum Gasteiger partial charge on any atom is 0.373 e. The predicted molar refractivity (Wildman–Crippen MR) is 112 cm³/mol. The molecule has 0 aliphatic carbocycles. The molecule has 1 atom stereocenters. The Balaban J connectivity index is 1.93. The van der Waals surface area contributed by atoms with E-state index in [1.165, 1.54) is 4.90 Å². The van der Waals surface area contributed by atoms with Gasteiger partial charge in [0.25, 0.3) is 0 Å². The van der Waals surface area contributed by atoms with Crippen LogP contribution in [0.15, 0.2) is 30.6 Å². The van der Waals surface area contributed by atoms with E-state index >= 15 is 0 Å². The van der Waals surface area contributed by atoms with Gasteiger partial charge in [0.2, 0.25) is 17.6 Å². The maximum absolute atomic E-state index is 12.5. The van der Waals surface area contributed by atoms with E-state index in [1.54, 1.807) is 18.2 Å². The van der Waals surface area contributed by atoms with Gasteiger partial charge in [-0.05, 0) is 25.0 Å². The van der Waals surface area contributed by atoms with Crippen LogP contribution in [-0.2, 0) is 9.59 Å². The molecule has 12 nitrogen and oxygen atoms in total.